The third-order valence-corrected chi connectivity index (χ3v) is 7.68. The third kappa shape index (κ3) is 5.64. The van der Waals surface area contributed by atoms with Crippen LogP contribution in [-0.4, -0.2) is 26.9 Å². The molecular formula is C26H27ClN2O3S. The van der Waals surface area contributed by atoms with Crippen molar-refractivity contribution in [3.63, 3.8) is 0 Å². The monoisotopic (exact) mass is 482 g/mol. The van der Waals surface area contributed by atoms with Gasteiger partial charge in [-0.25, -0.2) is 13.1 Å². The maximum atomic E-state index is 13.1. The summed E-state index contributed by atoms with van der Waals surface area (Å²) in [7, 11) is -3.66. The molecule has 1 N–H and O–H groups in total. The molecule has 33 heavy (non-hydrogen) atoms. The molecule has 4 rings (SSSR count). The second-order valence-corrected chi connectivity index (χ2v) is 10.6. The Morgan fingerprint density at radius 2 is 1.85 bits per heavy atom. The van der Waals surface area contributed by atoms with Crippen molar-refractivity contribution in [3.8, 4) is 0 Å². The molecule has 0 spiro atoms. The van der Waals surface area contributed by atoms with Crippen LogP contribution in [0.5, 0.6) is 0 Å². The molecular weight excluding hydrogens is 456 g/mol. The number of carbonyl (C=O) groups excluding carboxylic acids is 1. The molecule has 172 valence electrons. The number of carbonyl (C=O) groups is 1. The fourth-order valence-corrected chi connectivity index (χ4v) is 5.67. The van der Waals surface area contributed by atoms with Gasteiger partial charge in [-0.1, -0.05) is 48.0 Å². The molecule has 3 aromatic rings. The molecule has 0 aromatic heterocycles. The van der Waals surface area contributed by atoms with Crippen molar-refractivity contribution in [3.05, 3.63) is 94.5 Å². The lowest BCUT2D eigenvalue weighted by atomic mass is 10.0. The Hall–Kier alpha value is -2.67. The zero-order valence-corrected chi connectivity index (χ0v) is 20.1. The van der Waals surface area contributed by atoms with Gasteiger partial charge in [-0.2, -0.15) is 0 Å². The first kappa shape index (κ1) is 23.5. The van der Waals surface area contributed by atoms with Gasteiger partial charge < -0.3 is 4.90 Å². The fraction of sp³-hybridized carbons (Fsp3) is 0.269. The van der Waals surface area contributed by atoms with E-state index in [9.17, 15) is 13.2 Å². The highest BCUT2D eigenvalue weighted by atomic mass is 35.5. The molecule has 0 bridgehead atoms. The quantitative estimate of drug-likeness (QED) is 0.501. The predicted octanol–water partition coefficient (Wildman–Crippen LogP) is 5.23. The van der Waals surface area contributed by atoms with E-state index in [2.05, 4.69) is 4.72 Å². The van der Waals surface area contributed by atoms with Crippen LogP contribution in [0.1, 0.15) is 41.3 Å². The van der Waals surface area contributed by atoms with E-state index in [1.54, 1.807) is 47.4 Å². The molecule has 1 unspecified atom stereocenters. The molecule has 1 aliphatic rings. The number of nitrogens with zero attached hydrogens (tertiary/aromatic N) is 1. The van der Waals surface area contributed by atoms with Crippen molar-refractivity contribution in [2.24, 2.45) is 0 Å². The third-order valence-electron chi connectivity index (χ3n) is 5.86. The zero-order valence-electron chi connectivity index (χ0n) is 18.5. The number of amides is 1. The number of anilines is 1. The number of nitrogens with one attached hydrogen (secondary N) is 1. The van der Waals surface area contributed by atoms with Crippen LogP contribution in [-0.2, 0) is 22.9 Å². The molecule has 0 saturated carbocycles. The summed E-state index contributed by atoms with van der Waals surface area (Å²) in [6, 6.07) is 21.7. The summed E-state index contributed by atoms with van der Waals surface area (Å²) < 4.78 is 28.8. The summed E-state index contributed by atoms with van der Waals surface area (Å²) in [6.45, 7) is 2.46. The number of hydrogen-bond donors (Lipinski definition) is 1. The van der Waals surface area contributed by atoms with Crippen LogP contribution in [0, 0.1) is 0 Å². The Kier molecular flexibility index (Phi) is 7.17. The number of hydrogen-bond acceptors (Lipinski definition) is 3. The predicted molar refractivity (Wildman–Crippen MR) is 132 cm³/mol. The van der Waals surface area contributed by atoms with Crippen molar-refractivity contribution < 1.29 is 13.2 Å². The molecule has 0 fully saturated rings. The summed E-state index contributed by atoms with van der Waals surface area (Å²) in [5.41, 5.74) is 3.31. The Morgan fingerprint density at radius 3 is 2.61 bits per heavy atom. The minimum Gasteiger partial charge on any atom is -0.308 e. The van der Waals surface area contributed by atoms with Gasteiger partial charge in [0.25, 0.3) is 5.91 Å². The van der Waals surface area contributed by atoms with E-state index in [0.717, 1.165) is 30.5 Å². The molecule has 7 heteroatoms. The molecule has 0 radical (unpaired) electrons. The number of aryl methyl sites for hydroxylation is 2. The Balaban J connectivity index is 1.49. The molecule has 5 nitrogen and oxygen atoms in total. The minimum absolute atomic E-state index is 0.137. The number of sulfonamides is 1. The minimum atomic E-state index is -3.66. The summed E-state index contributed by atoms with van der Waals surface area (Å²) in [5, 5.41) is 0.506. The highest BCUT2D eigenvalue weighted by molar-refractivity contribution is 7.89. The van der Waals surface area contributed by atoms with Crippen LogP contribution in [0.3, 0.4) is 0 Å². The lowest BCUT2D eigenvalue weighted by Crippen LogP contribution is -2.36. The second kappa shape index (κ2) is 10.1. The smallest absolute Gasteiger partial charge is 0.258 e. The zero-order chi connectivity index (χ0) is 23.4. The topological polar surface area (TPSA) is 66.5 Å². The van der Waals surface area contributed by atoms with Crippen LogP contribution < -0.4 is 9.62 Å². The van der Waals surface area contributed by atoms with Crippen LogP contribution in [0.25, 0.3) is 0 Å². The van der Waals surface area contributed by atoms with Gasteiger partial charge in [0.1, 0.15) is 0 Å². The van der Waals surface area contributed by atoms with E-state index >= 15 is 0 Å². The Morgan fingerprint density at radius 1 is 1.06 bits per heavy atom. The molecule has 1 aliphatic heterocycles. The van der Waals surface area contributed by atoms with Gasteiger partial charge in [-0.05, 0) is 80.1 Å². The summed E-state index contributed by atoms with van der Waals surface area (Å²) in [4.78, 5) is 15.0. The first-order valence-electron chi connectivity index (χ1n) is 11.1. The van der Waals surface area contributed by atoms with Gasteiger partial charge in [0, 0.05) is 28.9 Å². The number of halogens is 1. The molecule has 0 saturated heterocycles. The van der Waals surface area contributed by atoms with Crippen molar-refractivity contribution in [1.82, 2.24) is 4.72 Å². The first-order chi connectivity index (χ1) is 15.8. The Bertz CT molecular complexity index is 1250. The number of rotatable bonds is 7. The average Bonchev–Trinajstić information content (AvgIpc) is 2.82. The van der Waals surface area contributed by atoms with E-state index in [0.29, 0.717) is 23.6 Å². The molecule has 0 aliphatic carbocycles. The first-order valence-corrected chi connectivity index (χ1v) is 13.0. The van der Waals surface area contributed by atoms with E-state index < -0.39 is 10.0 Å². The van der Waals surface area contributed by atoms with Crippen LogP contribution >= 0.6 is 11.6 Å². The van der Waals surface area contributed by atoms with Crippen molar-refractivity contribution in [2.75, 3.05) is 11.4 Å². The molecule has 3 aromatic carbocycles. The second-order valence-electron chi connectivity index (χ2n) is 8.41. The SMILES string of the molecule is CC(CCc1ccccc1)NS(=O)(=O)c1ccc2c(c1)CCCN2C(=O)c1cccc(Cl)c1. The van der Waals surface area contributed by atoms with Crippen molar-refractivity contribution in [2.45, 2.75) is 43.5 Å². The van der Waals surface area contributed by atoms with Gasteiger partial charge in [-0.3, -0.25) is 4.79 Å². The number of benzene rings is 3. The maximum absolute atomic E-state index is 13.1. The van der Waals surface area contributed by atoms with E-state index in [4.69, 9.17) is 11.6 Å². The molecule has 1 atom stereocenters. The van der Waals surface area contributed by atoms with Crippen LogP contribution in [0.15, 0.2) is 77.7 Å². The van der Waals surface area contributed by atoms with Crippen LogP contribution in [0.4, 0.5) is 5.69 Å². The summed E-state index contributed by atoms with van der Waals surface area (Å²) in [5.74, 6) is -0.137. The largest absolute Gasteiger partial charge is 0.308 e. The van der Waals surface area contributed by atoms with Crippen LogP contribution in [0.2, 0.25) is 5.02 Å². The highest BCUT2D eigenvalue weighted by Gasteiger charge is 2.26. The maximum Gasteiger partial charge on any atom is 0.258 e. The highest BCUT2D eigenvalue weighted by Crippen LogP contribution is 2.31. The van der Waals surface area contributed by atoms with Gasteiger partial charge >= 0.3 is 0 Å². The lowest BCUT2D eigenvalue weighted by Gasteiger charge is -2.30. The van der Waals surface area contributed by atoms with E-state index in [-0.39, 0.29) is 16.8 Å². The molecule has 1 amide bonds. The van der Waals surface area contributed by atoms with Crippen molar-refractivity contribution in [1.29, 1.82) is 0 Å². The Labute approximate surface area is 200 Å². The lowest BCUT2D eigenvalue weighted by molar-refractivity contribution is 0.0985. The molecule has 1 heterocycles. The summed E-state index contributed by atoms with van der Waals surface area (Å²) in [6.07, 6.45) is 3.00. The average molecular weight is 483 g/mol. The van der Waals surface area contributed by atoms with Gasteiger partial charge in [0.2, 0.25) is 10.0 Å². The number of fused-ring (bicyclic) bond motifs is 1. The standard InChI is InChI=1S/C26H27ClN2O3S/c1-19(12-13-20-7-3-2-4-8-20)28-33(31,32)24-14-15-25-21(18-24)10-6-16-29(25)26(30)22-9-5-11-23(27)17-22/h2-5,7-9,11,14-15,17-19,28H,6,10,12-13,16H2,1H3. The van der Waals surface area contributed by atoms with Crippen molar-refractivity contribution >= 4 is 33.2 Å². The normalized spacial score (nSPS) is 14.5. The van der Waals surface area contributed by atoms with E-state index in [1.165, 1.54) is 5.56 Å². The fourth-order valence-electron chi connectivity index (χ4n) is 4.15. The summed E-state index contributed by atoms with van der Waals surface area (Å²) >= 11 is 6.05. The van der Waals surface area contributed by atoms with E-state index in [1.807, 2.05) is 37.3 Å². The van der Waals surface area contributed by atoms with Gasteiger partial charge in [0.05, 0.1) is 4.90 Å². The van der Waals surface area contributed by atoms with Gasteiger partial charge in [0.15, 0.2) is 0 Å². The van der Waals surface area contributed by atoms with Gasteiger partial charge in [-0.15, -0.1) is 0 Å².